The number of rotatable bonds is 5. The minimum atomic E-state index is -0.942. The molecule has 0 radical (unpaired) electrons. The van der Waals surface area contributed by atoms with E-state index in [4.69, 9.17) is 10.8 Å². The molecule has 0 amide bonds. The summed E-state index contributed by atoms with van der Waals surface area (Å²) >= 11 is 0. The molecule has 86 valence electrons. The number of carboxylic acid groups (broad SMARTS) is 1. The summed E-state index contributed by atoms with van der Waals surface area (Å²) in [7, 11) is 0. The lowest BCUT2D eigenvalue weighted by atomic mass is 10.2. The van der Waals surface area contributed by atoms with Gasteiger partial charge in [0.2, 0.25) is 0 Å². The van der Waals surface area contributed by atoms with Gasteiger partial charge in [0.05, 0.1) is 0 Å². The van der Waals surface area contributed by atoms with Gasteiger partial charge in [-0.3, -0.25) is 9.79 Å². The van der Waals surface area contributed by atoms with Crippen molar-refractivity contribution < 1.29 is 9.90 Å². The second-order valence-electron chi connectivity index (χ2n) is 3.52. The molecular formula is C9H18N4O2. The van der Waals surface area contributed by atoms with Gasteiger partial charge in [-0.1, -0.05) is 0 Å². The first-order valence-corrected chi connectivity index (χ1v) is 5.20. The van der Waals surface area contributed by atoms with E-state index in [2.05, 4.69) is 15.6 Å². The molecule has 6 nitrogen and oxygen atoms in total. The van der Waals surface area contributed by atoms with E-state index in [1.54, 1.807) is 0 Å². The normalized spacial score (nSPS) is 17.5. The topological polar surface area (TPSA) is 99.7 Å². The maximum atomic E-state index is 10.4. The van der Waals surface area contributed by atoms with Crippen LogP contribution in [-0.4, -0.2) is 42.7 Å². The third-order valence-electron chi connectivity index (χ3n) is 2.20. The Morgan fingerprint density at radius 3 is 3.13 bits per heavy atom. The Hall–Kier alpha value is -1.30. The van der Waals surface area contributed by atoms with Crippen LogP contribution >= 0.6 is 0 Å². The van der Waals surface area contributed by atoms with E-state index in [0.717, 1.165) is 31.9 Å². The van der Waals surface area contributed by atoms with Crippen LogP contribution in [0.4, 0.5) is 0 Å². The number of nitrogens with zero attached hydrogens (tertiary/aromatic N) is 1. The van der Waals surface area contributed by atoms with E-state index in [9.17, 15) is 4.79 Å². The largest absolute Gasteiger partial charge is 0.480 e. The van der Waals surface area contributed by atoms with Gasteiger partial charge in [0, 0.05) is 19.6 Å². The fraction of sp³-hybridized carbons (Fsp3) is 0.778. The summed E-state index contributed by atoms with van der Waals surface area (Å²) in [4.78, 5) is 14.6. The number of hydrogen-bond donors (Lipinski definition) is 4. The molecule has 0 saturated heterocycles. The highest BCUT2D eigenvalue weighted by atomic mass is 16.4. The molecule has 0 unspecified atom stereocenters. The summed E-state index contributed by atoms with van der Waals surface area (Å²) in [5.74, 6) is -0.131. The van der Waals surface area contributed by atoms with Crippen molar-refractivity contribution in [1.29, 1.82) is 0 Å². The van der Waals surface area contributed by atoms with Crippen LogP contribution in [0.1, 0.15) is 19.3 Å². The number of aliphatic imine (C=N–C) groups is 1. The average molecular weight is 214 g/mol. The van der Waals surface area contributed by atoms with E-state index < -0.39 is 12.0 Å². The molecule has 0 bridgehead atoms. The molecule has 1 aliphatic rings. The maximum Gasteiger partial charge on any atom is 0.320 e. The number of hydrogen-bond acceptors (Lipinski definition) is 5. The van der Waals surface area contributed by atoms with Crippen molar-refractivity contribution in [3.05, 3.63) is 0 Å². The van der Waals surface area contributed by atoms with Crippen molar-refractivity contribution in [1.82, 2.24) is 10.6 Å². The zero-order chi connectivity index (χ0) is 11.1. The molecule has 0 saturated carbocycles. The van der Waals surface area contributed by atoms with Crippen LogP contribution in [0.2, 0.25) is 0 Å². The van der Waals surface area contributed by atoms with Crippen molar-refractivity contribution in [2.45, 2.75) is 25.3 Å². The van der Waals surface area contributed by atoms with Crippen LogP contribution < -0.4 is 16.4 Å². The first-order valence-electron chi connectivity index (χ1n) is 5.20. The molecule has 0 aromatic rings. The van der Waals surface area contributed by atoms with Crippen LogP contribution in [0, 0.1) is 0 Å². The summed E-state index contributed by atoms with van der Waals surface area (Å²) in [6, 6.07) is -0.756. The van der Waals surface area contributed by atoms with Crippen molar-refractivity contribution in [3.63, 3.8) is 0 Å². The van der Waals surface area contributed by atoms with Crippen molar-refractivity contribution in [2.24, 2.45) is 10.7 Å². The Morgan fingerprint density at radius 2 is 2.53 bits per heavy atom. The molecule has 1 aliphatic heterocycles. The lowest BCUT2D eigenvalue weighted by molar-refractivity contribution is -0.138. The number of carbonyl (C=O) groups is 1. The number of nitrogens with one attached hydrogen (secondary N) is 2. The number of aliphatic carboxylic acids is 1. The van der Waals surface area contributed by atoms with E-state index in [-0.39, 0.29) is 0 Å². The molecule has 15 heavy (non-hydrogen) atoms. The second-order valence-corrected chi connectivity index (χ2v) is 3.52. The summed E-state index contributed by atoms with van der Waals surface area (Å²) in [6.45, 7) is 2.50. The Kier molecular flexibility index (Phi) is 4.89. The Bertz CT molecular complexity index is 242. The monoisotopic (exact) mass is 214 g/mol. The number of carboxylic acids is 1. The van der Waals surface area contributed by atoms with Gasteiger partial charge >= 0.3 is 5.97 Å². The third-order valence-corrected chi connectivity index (χ3v) is 2.20. The number of nitrogens with two attached hydrogens (primary N) is 1. The third kappa shape index (κ3) is 4.64. The highest BCUT2D eigenvalue weighted by Gasteiger charge is 2.10. The van der Waals surface area contributed by atoms with E-state index in [1.165, 1.54) is 0 Å². The van der Waals surface area contributed by atoms with E-state index in [0.29, 0.717) is 13.0 Å². The summed E-state index contributed by atoms with van der Waals surface area (Å²) < 4.78 is 0. The Morgan fingerprint density at radius 1 is 1.73 bits per heavy atom. The van der Waals surface area contributed by atoms with Crippen LogP contribution in [0.5, 0.6) is 0 Å². The SMILES string of the molecule is N[C@H](CCCNC1=NCCCN1)C(=O)O. The van der Waals surface area contributed by atoms with Gasteiger partial charge in [-0.05, 0) is 19.3 Å². The molecule has 0 fully saturated rings. The molecule has 1 atom stereocenters. The molecule has 1 rings (SSSR count). The van der Waals surface area contributed by atoms with Gasteiger partial charge in [-0.2, -0.15) is 0 Å². The van der Waals surface area contributed by atoms with Gasteiger partial charge in [-0.25, -0.2) is 0 Å². The highest BCUT2D eigenvalue weighted by molar-refractivity contribution is 5.80. The van der Waals surface area contributed by atoms with Gasteiger partial charge in [-0.15, -0.1) is 0 Å². The van der Waals surface area contributed by atoms with Crippen molar-refractivity contribution in [2.75, 3.05) is 19.6 Å². The van der Waals surface area contributed by atoms with Crippen LogP contribution in [-0.2, 0) is 4.79 Å². The zero-order valence-electron chi connectivity index (χ0n) is 8.70. The first kappa shape index (κ1) is 11.8. The predicted octanol–water partition coefficient (Wildman–Crippen LogP) is -0.883. The van der Waals surface area contributed by atoms with Crippen molar-refractivity contribution in [3.8, 4) is 0 Å². The maximum absolute atomic E-state index is 10.4. The molecule has 6 heteroatoms. The number of guanidine groups is 1. The van der Waals surface area contributed by atoms with Gasteiger partial charge < -0.3 is 21.5 Å². The minimum absolute atomic E-state index is 0.482. The molecule has 0 aliphatic carbocycles. The fourth-order valence-electron chi connectivity index (χ4n) is 1.30. The predicted molar refractivity (Wildman–Crippen MR) is 57.8 cm³/mol. The van der Waals surface area contributed by atoms with Crippen LogP contribution in [0.15, 0.2) is 4.99 Å². The molecular weight excluding hydrogens is 196 g/mol. The second kappa shape index (κ2) is 6.23. The first-order chi connectivity index (χ1) is 7.20. The lowest BCUT2D eigenvalue weighted by Gasteiger charge is -2.16. The molecule has 0 aromatic heterocycles. The van der Waals surface area contributed by atoms with E-state index >= 15 is 0 Å². The fourth-order valence-corrected chi connectivity index (χ4v) is 1.30. The average Bonchev–Trinajstić information content (AvgIpc) is 2.25. The summed E-state index contributed by atoms with van der Waals surface area (Å²) in [5, 5.41) is 14.8. The van der Waals surface area contributed by atoms with Crippen molar-refractivity contribution >= 4 is 11.9 Å². The Balaban J connectivity index is 2.06. The van der Waals surface area contributed by atoms with Gasteiger partial charge in [0.1, 0.15) is 6.04 Å². The lowest BCUT2D eigenvalue weighted by Crippen LogP contribution is -2.41. The molecule has 5 N–H and O–H groups in total. The standard InChI is InChI=1S/C9H18N4O2/c10-7(8(14)15)3-1-4-11-9-12-5-2-6-13-9/h7H,1-6,10H2,(H,14,15)(H2,11,12,13)/t7-/m1/s1. The van der Waals surface area contributed by atoms with Crippen LogP contribution in [0.3, 0.4) is 0 Å². The zero-order valence-corrected chi connectivity index (χ0v) is 8.70. The molecule has 0 aromatic carbocycles. The molecule has 1 heterocycles. The quantitative estimate of drug-likeness (QED) is 0.445. The van der Waals surface area contributed by atoms with Crippen LogP contribution in [0.25, 0.3) is 0 Å². The minimum Gasteiger partial charge on any atom is -0.480 e. The smallest absolute Gasteiger partial charge is 0.320 e. The highest BCUT2D eigenvalue weighted by Crippen LogP contribution is 1.93. The van der Waals surface area contributed by atoms with Gasteiger partial charge in [0.25, 0.3) is 0 Å². The molecule has 0 spiro atoms. The van der Waals surface area contributed by atoms with Gasteiger partial charge in [0.15, 0.2) is 5.96 Å². The summed E-state index contributed by atoms with van der Waals surface area (Å²) in [5.41, 5.74) is 5.36. The summed E-state index contributed by atoms with van der Waals surface area (Å²) in [6.07, 6.45) is 2.28. The van der Waals surface area contributed by atoms with E-state index in [1.807, 2.05) is 0 Å². The Labute approximate surface area is 88.9 Å².